The van der Waals surface area contributed by atoms with Crippen molar-refractivity contribution < 1.29 is 0 Å². The Balaban J connectivity index is 2.42. The predicted molar refractivity (Wildman–Crippen MR) is 104 cm³/mol. The molecule has 1 aromatic carbocycles. The Hall–Kier alpha value is -5.54. The first-order valence-electron chi connectivity index (χ1n) is 8.23. The standard InChI is InChI=1S/C22H4N8/c1-2-17-11(6-23)3-15-14-4-12(7-24)18(9-26)29-20(14)16-5-13(8-25)19(10-27)30-22(16)21(15)28-17/h1,3-5H. The van der Waals surface area contributed by atoms with Gasteiger partial charge in [0.15, 0.2) is 11.4 Å². The van der Waals surface area contributed by atoms with E-state index in [4.69, 9.17) is 6.42 Å². The second kappa shape index (κ2) is 6.56. The lowest BCUT2D eigenvalue weighted by Gasteiger charge is -2.11. The molecule has 30 heavy (non-hydrogen) atoms. The zero-order chi connectivity index (χ0) is 21.4. The highest BCUT2D eigenvalue weighted by molar-refractivity contribution is 6.22. The van der Waals surface area contributed by atoms with E-state index >= 15 is 0 Å². The zero-order valence-electron chi connectivity index (χ0n) is 14.9. The molecule has 0 aliphatic carbocycles. The van der Waals surface area contributed by atoms with Gasteiger partial charge in [0.05, 0.1) is 27.7 Å². The summed E-state index contributed by atoms with van der Waals surface area (Å²) in [5.74, 6) is 2.35. The Bertz CT molecular complexity index is 1340. The second-order valence-electron chi connectivity index (χ2n) is 6.05. The molecule has 0 unspecified atom stereocenters. The van der Waals surface area contributed by atoms with Gasteiger partial charge in [0.1, 0.15) is 41.6 Å². The predicted octanol–water partition coefficient (Wildman–Crippen LogP) is 2.67. The molecule has 3 aromatic heterocycles. The molecule has 0 aliphatic heterocycles. The normalized spacial score (nSPS) is 9.80. The van der Waals surface area contributed by atoms with Crippen LogP contribution in [0.3, 0.4) is 0 Å². The number of nitriles is 5. The van der Waals surface area contributed by atoms with E-state index in [1.54, 1.807) is 0 Å². The van der Waals surface area contributed by atoms with Crippen LogP contribution >= 0.6 is 0 Å². The molecule has 0 bridgehead atoms. The lowest BCUT2D eigenvalue weighted by molar-refractivity contribution is 1.27. The number of hydrogen-bond donors (Lipinski definition) is 0. The maximum atomic E-state index is 9.44. The van der Waals surface area contributed by atoms with E-state index < -0.39 is 0 Å². The van der Waals surface area contributed by atoms with Crippen LogP contribution in [-0.4, -0.2) is 15.0 Å². The van der Waals surface area contributed by atoms with Crippen molar-refractivity contribution in [3.05, 3.63) is 52.0 Å². The van der Waals surface area contributed by atoms with Crippen LogP contribution in [0.25, 0.3) is 32.7 Å². The summed E-state index contributed by atoms with van der Waals surface area (Å²) >= 11 is 0. The maximum Gasteiger partial charge on any atom is 0.159 e. The van der Waals surface area contributed by atoms with Gasteiger partial charge in [0.25, 0.3) is 0 Å². The van der Waals surface area contributed by atoms with Crippen molar-refractivity contribution in [2.45, 2.75) is 0 Å². The summed E-state index contributed by atoms with van der Waals surface area (Å²) in [5, 5.41) is 48.2. The third-order valence-electron chi connectivity index (χ3n) is 4.55. The van der Waals surface area contributed by atoms with Crippen molar-refractivity contribution in [2.24, 2.45) is 0 Å². The molecule has 132 valence electrons. The minimum Gasteiger partial charge on any atom is -0.236 e. The summed E-state index contributed by atoms with van der Waals surface area (Å²) in [6, 6.07) is 14.0. The molecule has 0 aliphatic rings. The van der Waals surface area contributed by atoms with Crippen molar-refractivity contribution in [1.29, 1.82) is 26.3 Å². The smallest absolute Gasteiger partial charge is 0.159 e. The number of benzene rings is 1. The zero-order valence-corrected chi connectivity index (χ0v) is 14.9. The fraction of sp³-hybridized carbons (Fsp3) is 0. The first-order valence-corrected chi connectivity index (χ1v) is 8.23. The van der Waals surface area contributed by atoms with Crippen LogP contribution in [0.2, 0.25) is 0 Å². The number of nitrogens with zero attached hydrogens (tertiary/aromatic N) is 8. The van der Waals surface area contributed by atoms with Crippen LogP contribution in [0.5, 0.6) is 0 Å². The third kappa shape index (κ3) is 2.34. The third-order valence-corrected chi connectivity index (χ3v) is 4.55. The molecule has 0 saturated carbocycles. The lowest BCUT2D eigenvalue weighted by Crippen LogP contribution is -2.00. The molecular formula is C22H4N8. The quantitative estimate of drug-likeness (QED) is 0.332. The monoisotopic (exact) mass is 380 g/mol. The Morgan fingerprint density at radius 2 is 0.933 bits per heavy atom. The van der Waals surface area contributed by atoms with Crippen LogP contribution < -0.4 is 0 Å². The fourth-order valence-corrected chi connectivity index (χ4v) is 3.23. The molecule has 0 radical (unpaired) electrons. The van der Waals surface area contributed by atoms with Gasteiger partial charge in [-0.05, 0) is 24.1 Å². The summed E-state index contributed by atoms with van der Waals surface area (Å²) in [5.41, 5.74) is 0.945. The number of aromatic nitrogens is 3. The number of hydrogen-bond acceptors (Lipinski definition) is 8. The number of terminal acetylenes is 1. The summed E-state index contributed by atoms with van der Waals surface area (Å²) in [7, 11) is 0. The van der Waals surface area contributed by atoms with E-state index in [0.29, 0.717) is 27.2 Å². The van der Waals surface area contributed by atoms with Gasteiger partial charge < -0.3 is 0 Å². The summed E-state index contributed by atoms with van der Waals surface area (Å²) in [6.45, 7) is 0. The molecule has 4 aromatic rings. The first-order chi connectivity index (χ1) is 14.6. The highest BCUT2D eigenvalue weighted by Gasteiger charge is 2.19. The van der Waals surface area contributed by atoms with Gasteiger partial charge in [0, 0.05) is 16.2 Å². The van der Waals surface area contributed by atoms with Crippen molar-refractivity contribution >= 4 is 32.7 Å². The van der Waals surface area contributed by atoms with Crippen LogP contribution in [0.4, 0.5) is 0 Å². The van der Waals surface area contributed by atoms with Crippen LogP contribution in [-0.2, 0) is 0 Å². The average molecular weight is 380 g/mol. The first kappa shape index (κ1) is 17.9. The van der Waals surface area contributed by atoms with Crippen LogP contribution in [0.15, 0.2) is 18.2 Å². The molecular weight excluding hydrogens is 376 g/mol. The molecule has 8 nitrogen and oxygen atoms in total. The SMILES string of the molecule is C#Cc1nc2c(cc1C#N)c1cc(C#N)c(C#N)nc1c1cc(C#N)c(C#N)nc12. The van der Waals surface area contributed by atoms with Gasteiger partial charge in [0.2, 0.25) is 0 Å². The molecule has 8 heteroatoms. The van der Waals surface area contributed by atoms with Crippen molar-refractivity contribution in [1.82, 2.24) is 15.0 Å². The molecule has 0 amide bonds. The fourth-order valence-electron chi connectivity index (χ4n) is 3.23. The molecule has 0 spiro atoms. The van der Waals surface area contributed by atoms with Crippen LogP contribution in [0.1, 0.15) is 33.8 Å². The Morgan fingerprint density at radius 1 is 0.533 bits per heavy atom. The number of fused-ring (bicyclic) bond motifs is 6. The minimum atomic E-state index is -0.104. The summed E-state index contributed by atoms with van der Waals surface area (Å²) in [4.78, 5) is 13.0. The summed E-state index contributed by atoms with van der Waals surface area (Å²) in [6.07, 6.45) is 5.49. The summed E-state index contributed by atoms with van der Waals surface area (Å²) < 4.78 is 0. The Labute approximate surface area is 169 Å². The molecule has 0 atom stereocenters. The minimum absolute atomic E-state index is 0.0288. The highest BCUT2D eigenvalue weighted by Crippen LogP contribution is 2.35. The van der Waals surface area contributed by atoms with Crippen molar-refractivity contribution in [3.8, 4) is 42.7 Å². The van der Waals surface area contributed by atoms with E-state index in [-0.39, 0.29) is 39.3 Å². The van der Waals surface area contributed by atoms with Crippen molar-refractivity contribution in [3.63, 3.8) is 0 Å². The van der Waals surface area contributed by atoms with Gasteiger partial charge >= 0.3 is 0 Å². The van der Waals surface area contributed by atoms with Crippen molar-refractivity contribution in [2.75, 3.05) is 0 Å². The molecule has 0 fully saturated rings. The van der Waals surface area contributed by atoms with E-state index in [2.05, 4.69) is 20.9 Å². The Morgan fingerprint density at radius 3 is 1.43 bits per heavy atom. The van der Waals surface area contributed by atoms with E-state index in [0.717, 1.165) is 0 Å². The Kier molecular flexibility index (Phi) is 3.91. The van der Waals surface area contributed by atoms with E-state index in [9.17, 15) is 26.3 Å². The molecule has 0 N–H and O–H groups in total. The van der Waals surface area contributed by atoms with Crippen LogP contribution in [0, 0.1) is 69.0 Å². The van der Waals surface area contributed by atoms with Gasteiger partial charge in [-0.3, -0.25) is 0 Å². The second-order valence-corrected chi connectivity index (χ2v) is 6.05. The van der Waals surface area contributed by atoms with E-state index in [1.165, 1.54) is 18.2 Å². The average Bonchev–Trinajstić information content (AvgIpc) is 2.81. The van der Waals surface area contributed by atoms with Gasteiger partial charge in [-0.1, -0.05) is 0 Å². The highest BCUT2D eigenvalue weighted by atomic mass is 14.8. The maximum absolute atomic E-state index is 9.44. The van der Waals surface area contributed by atoms with Gasteiger partial charge in [-0.15, -0.1) is 6.42 Å². The molecule has 0 saturated heterocycles. The molecule has 4 rings (SSSR count). The number of rotatable bonds is 0. The van der Waals surface area contributed by atoms with Gasteiger partial charge in [-0.2, -0.15) is 26.3 Å². The lowest BCUT2D eigenvalue weighted by atomic mass is 9.98. The topological polar surface area (TPSA) is 158 Å². The molecule has 3 heterocycles. The van der Waals surface area contributed by atoms with Gasteiger partial charge in [-0.25, -0.2) is 15.0 Å². The van der Waals surface area contributed by atoms with E-state index in [1.807, 2.05) is 30.3 Å². The largest absolute Gasteiger partial charge is 0.236 e. The number of pyridine rings is 3.